The monoisotopic (exact) mass is 1250 g/mol. The zero-order chi connectivity index (χ0) is 62.6. The number of aromatic nitrogens is 10. The molecule has 12 aromatic carbocycles. The van der Waals surface area contributed by atoms with Gasteiger partial charge in [-0.2, -0.15) is 15.0 Å². The first-order valence-corrected chi connectivity index (χ1v) is 36.5. The molecule has 0 bridgehead atoms. The Balaban J connectivity index is 0.906. The maximum Gasteiger partial charge on any atom is 0.242 e. The van der Waals surface area contributed by atoms with Crippen LogP contribution in [0.1, 0.15) is 17.8 Å². The number of benzene rings is 12. The van der Waals surface area contributed by atoms with Crippen LogP contribution < -0.4 is 41.5 Å². The Kier molecular flexibility index (Phi) is 12.5. The molecule has 0 aliphatic heterocycles. The SMILES string of the molecule is C1=Cc2nc3n(-c4nc(-c5cccc(-n6c7ccccc7c7ccccc76)c5)nc(-n5c6ccc([Si](c7ccccc7)(c7ccccc7)c7ccccc7)cc6n6c7ccccc7nc56)n4)c4ccc([Si](c5ccccc5)(c5ccccc5)c5ccccc5)cc4n3c2CC1. The van der Waals surface area contributed by atoms with Crippen molar-refractivity contribution in [3.63, 3.8) is 0 Å². The largest absolute Gasteiger partial charge is 0.309 e. The van der Waals surface area contributed by atoms with E-state index in [0.29, 0.717) is 23.5 Å². The lowest BCUT2D eigenvalue weighted by atomic mass is 10.1. The fraction of sp³-hybridized carbons (Fsp3) is 0.0241. The van der Waals surface area contributed by atoms with Gasteiger partial charge in [0.25, 0.3) is 0 Å². The molecule has 0 spiro atoms. The van der Waals surface area contributed by atoms with E-state index in [0.717, 1.165) is 85.4 Å². The minimum atomic E-state index is -3.02. The molecule has 19 rings (SSSR count). The molecule has 95 heavy (non-hydrogen) atoms. The molecule has 0 amide bonds. The number of imidazole rings is 4. The molecule has 448 valence electrons. The molecule has 18 aromatic rings. The van der Waals surface area contributed by atoms with Crippen molar-refractivity contribution in [2.24, 2.45) is 0 Å². The van der Waals surface area contributed by atoms with Gasteiger partial charge in [-0.1, -0.05) is 261 Å². The Labute approximate surface area is 549 Å². The summed E-state index contributed by atoms with van der Waals surface area (Å²) in [5, 5.41) is 12.6. The molecule has 0 N–H and O–H groups in total. The van der Waals surface area contributed by atoms with Gasteiger partial charge < -0.3 is 4.57 Å². The molecule has 0 unspecified atom stereocenters. The molecule has 6 aromatic heterocycles. The molecule has 1 aliphatic carbocycles. The highest BCUT2D eigenvalue weighted by Crippen LogP contribution is 2.36. The van der Waals surface area contributed by atoms with E-state index in [-0.39, 0.29) is 0 Å². The van der Waals surface area contributed by atoms with E-state index in [4.69, 9.17) is 24.9 Å². The van der Waals surface area contributed by atoms with E-state index in [2.05, 4.69) is 350 Å². The second-order valence-corrected chi connectivity index (χ2v) is 32.3. The predicted octanol–water partition coefficient (Wildman–Crippen LogP) is 12.7. The molecule has 6 heterocycles. The summed E-state index contributed by atoms with van der Waals surface area (Å²) in [5.41, 5.74) is 11.8. The molecule has 0 saturated carbocycles. The molecule has 0 atom stereocenters. The van der Waals surface area contributed by atoms with Crippen LogP contribution in [0.3, 0.4) is 0 Å². The summed E-state index contributed by atoms with van der Waals surface area (Å²) in [5.74, 6) is 2.76. The average molecular weight is 1250 g/mol. The summed E-state index contributed by atoms with van der Waals surface area (Å²) >= 11 is 0. The number of aryl methyl sites for hydroxylation is 1. The number of hydrogen-bond acceptors (Lipinski definition) is 5. The summed E-state index contributed by atoms with van der Waals surface area (Å²) in [4.78, 5) is 28.4. The van der Waals surface area contributed by atoms with E-state index in [1.54, 1.807) is 0 Å². The lowest BCUT2D eigenvalue weighted by Gasteiger charge is -2.34. The van der Waals surface area contributed by atoms with Crippen molar-refractivity contribution in [2.45, 2.75) is 12.8 Å². The van der Waals surface area contributed by atoms with Gasteiger partial charge in [-0.15, -0.1) is 0 Å². The van der Waals surface area contributed by atoms with Crippen LogP contribution in [-0.4, -0.2) is 63.6 Å². The van der Waals surface area contributed by atoms with Crippen molar-refractivity contribution in [1.29, 1.82) is 0 Å². The van der Waals surface area contributed by atoms with Gasteiger partial charge in [0.1, 0.15) is 0 Å². The Morgan fingerprint density at radius 1 is 0.295 bits per heavy atom. The van der Waals surface area contributed by atoms with Crippen LogP contribution in [0, 0.1) is 0 Å². The highest BCUT2D eigenvalue weighted by Gasteiger charge is 2.44. The molecule has 10 nitrogen and oxygen atoms in total. The van der Waals surface area contributed by atoms with Crippen LogP contribution in [0.4, 0.5) is 0 Å². The third kappa shape index (κ3) is 8.24. The predicted molar refractivity (Wildman–Crippen MR) is 393 cm³/mol. The lowest BCUT2D eigenvalue weighted by molar-refractivity contribution is 0.874. The molecule has 0 radical (unpaired) electrons. The van der Waals surface area contributed by atoms with Crippen LogP contribution in [0.15, 0.2) is 322 Å². The van der Waals surface area contributed by atoms with Gasteiger partial charge in [0, 0.05) is 22.0 Å². The highest BCUT2D eigenvalue weighted by molar-refractivity contribution is 7.20. The average Bonchev–Trinajstić information content (AvgIpc) is 1.64. The van der Waals surface area contributed by atoms with Crippen molar-refractivity contribution in [3.05, 3.63) is 333 Å². The van der Waals surface area contributed by atoms with Crippen LogP contribution in [-0.2, 0) is 6.42 Å². The zero-order valence-electron chi connectivity index (χ0n) is 51.6. The second-order valence-electron chi connectivity index (χ2n) is 24.7. The van der Waals surface area contributed by atoms with Crippen molar-refractivity contribution in [3.8, 4) is 29.0 Å². The van der Waals surface area contributed by atoms with Crippen LogP contribution in [0.2, 0.25) is 0 Å². The van der Waals surface area contributed by atoms with Gasteiger partial charge >= 0.3 is 0 Å². The maximum absolute atomic E-state index is 5.79. The second kappa shape index (κ2) is 21.8. The van der Waals surface area contributed by atoms with Crippen LogP contribution in [0.25, 0.3) is 102 Å². The first-order valence-electron chi connectivity index (χ1n) is 32.5. The summed E-state index contributed by atoms with van der Waals surface area (Å²) < 4.78 is 11.4. The van der Waals surface area contributed by atoms with Crippen LogP contribution in [0.5, 0.6) is 0 Å². The van der Waals surface area contributed by atoms with E-state index in [1.165, 1.54) is 52.3 Å². The van der Waals surface area contributed by atoms with Gasteiger partial charge in [0.05, 0.1) is 55.5 Å². The van der Waals surface area contributed by atoms with E-state index in [1.807, 2.05) is 0 Å². The van der Waals surface area contributed by atoms with E-state index in [9.17, 15) is 0 Å². The molecular formula is C83H58N10Si2. The third-order valence-electron chi connectivity index (χ3n) is 19.7. The van der Waals surface area contributed by atoms with Gasteiger partial charge in [0.2, 0.25) is 23.5 Å². The quantitative estimate of drug-likeness (QED) is 0.0898. The molecule has 0 fully saturated rings. The van der Waals surface area contributed by atoms with Crippen molar-refractivity contribution in [2.75, 3.05) is 0 Å². The number of para-hydroxylation sites is 4. The number of hydrogen-bond donors (Lipinski definition) is 0. The fourth-order valence-electron chi connectivity index (χ4n) is 15.7. The minimum absolute atomic E-state index is 0.421. The third-order valence-corrected chi connectivity index (χ3v) is 29.3. The highest BCUT2D eigenvalue weighted by atomic mass is 28.3. The van der Waals surface area contributed by atoms with Crippen molar-refractivity contribution >= 4 is 130 Å². The lowest BCUT2D eigenvalue weighted by Crippen LogP contribution is -2.74. The summed E-state index contributed by atoms with van der Waals surface area (Å²) in [6, 6.07) is 115. The van der Waals surface area contributed by atoms with Gasteiger partial charge in [0.15, 0.2) is 22.0 Å². The summed E-state index contributed by atoms with van der Waals surface area (Å²) in [7, 11) is -6.02. The molecule has 12 heteroatoms. The van der Waals surface area contributed by atoms with Gasteiger partial charge in [-0.05, 0) is 121 Å². The summed E-state index contributed by atoms with van der Waals surface area (Å²) in [6.07, 6.45) is 6.14. The molecular weight excluding hydrogens is 1190 g/mol. The number of allylic oxidation sites excluding steroid dienone is 1. The maximum atomic E-state index is 5.79. The first-order chi connectivity index (χ1) is 47.1. The van der Waals surface area contributed by atoms with Crippen molar-refractivity contribution in [1.82, 2.24) is 47.4 Å². The normalized spacial score (nSPS) is 12.7. The number of fused-ring (bicyclic) bond motifs is 13. The number of nitrogens with zero attached hydrogens (tertiary/aromatic N) is 10. The zero-order valence-corrected chi connectivity index (χ0v) is 53.6. The smallest absolute Gasteiger partial charge is 0.242 e. The van der Waals surface area contributed by atoms with E-state index >= 15 is 0 Å². The number of rotatable bonds is 12. The first kappa shape index (κ1) is 54.6. The Bertz CT molecular complexity index is 5790. The molecule has 1 aliphatic rings. The minimum Gasteiger partial charge on any atom is -0.309 e. The van der Waals surface area contributed by atoms with E-state index < -0.39 is 16.1 Å². The Hall–Kier alpha value is -12.1. The van der Waals surface area contributed by atoms with Crippen LogP contribution >= 0.6 is 0 Å². The molecule has 0 saturated heterocycles. The Morgan fingerprint density at radius 3 is 1.22 bits per heavy atom. The van der Waals surface area contributed by atoms with Gasteiger partial charge in [-0.25, -0.2) is 19.1 Å². The Morgan fingerprint density at radius 2 is 0.726 bits per heavy atom. The van der Waals surface area contributed by atoms with Gasteiger partial charge in [-0.3, -0.25) is 8.80 Å². The fourth-order valence-corrected chi connectivity index (χ4v) is 25.2. The summed E-state index contributed by atoms with van der Waals surface area (Å²) in [6.45, 7) is 0. The standard InChI is InChI=1S/C83H58N10Si2/c1-7-30-59(31-8-1)94(60-32-9-2-10-33-60,61-34-11-3-12-35-61)65-50-52-75-77(55-65)90-73-48-25-21-44-69(73)84-82(90)92(75)80-86-79(57-28-27-29-58(54-57)89-71-46-23-19-42-67(71)68-43-20-24-47-72(68)89)87-81(88-80)93-76-53-51-66(56-78(76)91-74-49-26-22-45-70(74)85-83(91)93)95(62-36-13-4-14-37-62,63-38-15-5-16-39-63)64-40-17-6-18-41-64/h1-25,27-48,50-56H,26,49H2. The van der Waals surface area contributed by atoms with Crippen molar-refractivity contribution < 1.29 is 0 Å². The topological polar surface area (TPSA) is 88.1 Å².